The van der Waals surface area contributed by atoms with Crippen LogP contribution in [0, 0.1) is 6.92 Å². The molecule has 10 nitrogen and oxygen atoms in total. The van der Waals surface area contributed by atoms with Gasteiger partial charge in [-0.15, -0.1) is 0 Å². The van der Waals surface area contributed by atoms with Crippen LogP contribution in [0.2, 0.25) is 0 Å². The molecule has 0 saturated carbocycles. The zero-order valence-corrected chi connectivity index (χ0v) is 20.7. The first-order chi connectivity index (χ1) is 16.6. The number of nitrogens with one attached hydrogen (secondary N) is 2. The average molecular weight is 497 g/mol. The van der Waals surface area contributed by atoms with Gasteiger partial charge in [0.15, 0.2) is 0 Å². The van der Waals surface area contributed by atoms with Crippen LogP contribution in [0.3, 0.4) is 0 Å². The molecule has 0 unspecified atom stereocenters. The smallest absolute Gasteiger partial charge is 0.273 e. The van der Waals surface area contributed by atoms with Gasteiger partial charge >= 0.3 is 0 Å². The van der Waals surface area contributed by atoms with Crippen molar-refractivity contribution in [3.05, 3.63) is 71.8 Å². The maximum absolute atomic E-state index is 12.9. The third-order valence-corrected chi connectivity index (χ3v) is 7.30. The number of piperazine rings is 1. The Kier molecular flexibility index (Phi) is 6.90. The predicted octanol–water partition coefficient (Wildman–Crippen LogP) is 2.31. The number of aryl methyl sites for hydroxylation is 2. The minimum atomic E-state index is -3.17. The first-order valence-electron chi connectivity index (χ1n) is 11.1. The molecule has 1 saturated heterocycles. The van der Waals surface area contributed by atoms with Crippen LogP contribution >= 0.6 is 0 Å². The highest BCUT2D eigenvalue weighted by molar-refractivity contribution is 7.88. The van der Waals surface area contributed by atoms with Gasteiger partial charge in [0.05, 0.1) is 18.8 Å². The molecule has 1 fully saturated rings. The Morgan fingerprint density at radius 2 is 1.63 bits per heavy atom. The minimum absolute atomic E-state index is 0.296. The van der Waals surface area contributed by atoms with Crippen LogP contribution in [0.1, 0.15) is 26.4 Å². The molecule has 1 aliphatic rings. The summed E-state index contributed by atoms with van der Waals surface area (Å²) in [6, 6.07) is 12.6. The van der Waals surface area contributed by atoms with E-state index in [1.54, 1.807) is 36.1 Å². The molecule has 2 heterocycles. The summed E-state index contributed by atoms with van der Waals surface area (Å²) >= 11 is 0. The lowest BCUT2D eigenvalue weighted by Crippen LogP contribution is -2.48. The lowest BCUT2D eigenvalue weighted by molar-refractivity contribution is 0.101. The van der Waals surface area contributed by atoms with Gasteiger partial charge in [0.25, 0.3) is 11.8 Å². The van der Waals surface area contributed by atoms with Crippen LogP contribution in [0.5, 0.6) is 0 Å². The number of hydrogen-bond acceptors (Lipinski definition) is 6. The summed E-state index contributed by atoms with van der Waals surface area (Å²) in [7, 11) is -1.44. The fraction of sp³-hybridized carbons (Fsp3) is 0.292. The Labute approximate surface area is 204 Å². The highest BCUT2D eigenvalue weighted by atomic mass is 32.2. The van der Waals surface area contributed by atoms with Crippen molar-refractivity contribution in [1.82, 2.24) is 13.9 Å². The summed E-state index contributed by atoms with van der Waals surface area (Å²) in [5.41, 5.74) is 3.81. The molecule has 4 rings (SSSR count). The molecule has 0 atom stereocenters. The van der Waals surface area contributed by atoms with E-state index in [4.69, 9.17) is 0 Å². The topological polar surface area (TPSA) is 117 Å². The fourth-order valence-corrected chi connectivity index (χ4v) is 4.72. The number of imidazole rings is 1. The van der Waals surface area contributed by atoms with E-state index in [-0.39, 0.29) is 11.8 Å². The van der Waals surface area contributed by atoms with Crippen molar-refractivity contribution >= 4 is 38.9 Å². The molecule has 184 valence electrons. The maximum atomic E-state index is 12.9. The third kappa shape index (κ3) is 5.69. The molecular formula is C24H28N6O4S. The van der Waals surface area contributed by atoms with Crippen LogP contribution in [0.4, 0.5) is 17.1 Å². The summed E-state index contributed by atoms with van der Waals surface area (Å²) in [5.74, 6) is -0.603. The van der Waals surface area contributed by atoms with E-state index in [1.165, 1.54) is 16.8 Å². The van der Waals surface area contributed by atoms with Gasteiger partial charge in [0, 0.05) is 55.9 Å². The molecule has 0 bridgehead atoms. The van der Waals surface area contributed by atoms with E-state index in [2.05, 4.69) is 20.5 Å². The van der Waals surface area contributed by atoms with E-state index in [1.807, 2.05) is 31.2 Å². The molecule has 2 aromatic carbocycles. The number of anilines is 3. The minimum Gasteiger partial charge on any atom is -0.369 e. The molecule has 2 N–H and O–H groups in total. The first-order valence-corrected chi connectivity index (χ1v) is 13.0. The quantitative estimate of drug-likeness (QED) is 0.541. The van der Waals surface area contributed by atoms with E-state index < -0.39 is 10.0 Å². The zero-order valence-electron chi connectivity index (χ0n) is 19.9. The van der Waals surface area contributed by atoms with Crippen molar-refractivity contribution in [2.75, 3.05) is 48.0 Å². The standard InChI is InChI=1S/C24H28N6O4S/c1-17-4-5-18(14-21(17)27-24(32)22-15-25-16-28(22)2)23(31)26-19-6-8-20(9-7-19)29-10-12-30(13-11-29)35(3,33)34/h4-9,14-16H,10-13H2,1-3H3,(H,26,31)(H,27,32). The zero-order chi connectivity index (χ0) is 25.2. The first kappa shape index (κ1) is 24.4. The number of nitrogens with zero attached hydrogens (tertiary/aromatic N) is 4. The summed E-state index contributed by atoms with van der Waals surface area (Å²) < 4.78 is 26.5. The van der Waals surface area contributed by atoms with Crippen molar-refractivity contribution < 1.29 is 18.0 Å². The van der Waals surface area contributed by atoms with Crippen molar-refractivity contribution in [3.8, 4) is 0 Å². The maximum Gasteiger partial charge on any atom is 0.273 e. The van der Waals surface area contributed by atoms with Gasteiger partial charge in [-0.25, -0.2) is 13.4 Å². The molecule has 35 heavy (non-hydrogen) atoms. The molecule has 1 aromatic heterocycles. The molecule has 0 radical (unpaired) electrons. The van der Waals surface area contributed by atoms with Gasteiger partial charge in [-0.2, -0.15) is 4.31 Å². The fourth-order valence-electron chi connectivity index (χ4n) is 3.90. The Bertz CT molecular complexity index is 1340. The summed E-state index contributed by atoms with van der Waals surface area (Å²) in [5, 5.41) is 5.72. The van der Waals surface area contributed by atoms with E-state index in [0.717, 1.165) is 11.3 Å². The monoisotopic (exact) mass is 496 g/mol. The molecule has 3 aromatic rings. The van der Waals surface area contributed by atoms with Crippen LogP contribution in [0.25, 0.3) is 0 Å². The van der Waals surface area contributed by atoms with Gasteiger partial charge < -0.3 is 20.1 Å². The molecule has 2 amide bonds. The van der Waals surface area contributed by atoms with Gasteiger partial charge in [-0.05, 0) is 48.9 Å². The molecule has 11 heteroatoms. The van der Waals surface area contributed by atoms with E-state index in [9.17, 15) is 18.0 Å². The highest BCUT2D eigenvalue weighted by Gasteiger charge is 2.23. The summed E-state index contributed by atoms with van der Waals surface area (Å²) in [4.78, 5) is 31.5. The number of amides is 2. The number of carbonyl (C=O) groups excluding carboxylic acids is 2. The van der Waals surface area contributed by atoms with Crippen molar-refractivity contribution in [3.63, 3.8) is 0 Å². The highest BCUT2D eigenvalue weighted by Crippen LogP contribution is 2.22. The lowest BCUT2D eigenvalue weighted by atomic mass is 10.1. The van der Waals surface area contributed by atoms with Crippen molar-refractivity contribution in [2.24, 2.45) is 7.05 Å². The van der Waals surface area contributed by atoms with E-state index >= 15 is 0 Å². The number of hydrogen-bond donors (Lipinski definition) is 2. The largest absolute Gasteiger partial charge is 0.369 e. The third-order valence-electron chi connectivity index (χ3n) is 6.00. The molecule has 1 aliphatic heterocycles. The predicted molar refractivity (Wildman–Crippen MR) is 135 cm³/mol. The number of sulfonamides is 1. The van der Waals surface area contributed by atoms with Crippen molar-refractivity contribution in [1.29, 1.82) is 0 Å². The average Bonchev–Trinajstić information content (AvgIpc) is 3.26. The molecule has 0 spiro atoms. The number of aromatic nitrogens is 2. The number of carbonyl (C=O) groups is 2. The van der Waals surface area contributed by atoms with Crippen LogP contribution in [0.15, 0.2) is 55.0 Å². The Morgan fingerprint density at radius 1 is 0.943 bits per heavy atom. The van der Waals surface area contributed by atoms with Crippen molar-refractivity contribution in [2.45, 2.75) is 6.92 Å². The van der Waals surface area contributed by atoms with Crippen LogP contribution < -0.4 is 15.5 Å². The van der Waals surface area contributed by atoms with Gasteiger partial charge in [-0.3, -0.25) is 9.59 Å². The number of rotatable bonds is 6. The molecule has 0 aliphatic carbocycles. The summed E-state index contributed by atoms with van der Waals surface area (Å²) in [6.07, 6.45) is 4.26. The van der Waals surface area contributed by atoms with Gasteiger partial charge in [0.1, 0.15) is 5.69 Å². The normalized spacial score (nSPS) is 14.5. The van der Waals surface area contributed by atoms with Crippen LogP contribution in [-0.2, 0) is 17.1 Å². The molecular weight excluding hydrogens is 468 g/mol. The summed E-state index contributed by atoms with van der Waals surface area (Å²) in [6.45, 7) is 3.97. The Hall–Kier alpha value is -3.70. The second kappa shape index (κ2) is 9.88. The Morgan fingerprint density at radius 3 is 2.23 bits per heavy atom. The van der Waals surface area contributed by atoms with Gasteiger partial charge in [0.2, 0.25) is 10.0 Å². The van der Waals surface area contributed by atoms with Gasteiger partial charge in [-0.1, -0.05) is 6.07 Å². The Balaban J connectivity index is 1.39. The van der Waals surface area contributed by atoms with Crippen LogP contribution in [-0.4, -0.2) is 66.5 Å². The second-order valence-corrected chi connectivity index (χ2v) is 10.5. The van der Waals surface area contributed by atoms with E-state index in [0.29, 0.717) is 48.8 Å². The lowest BCUT2D eigenvalue weighted by Gasteiger charge is -2.34. The SMILES string of the molecule is Cc1ccc(C(=O)Nc2ccc(N3CCN(S(C)(=O)=O)CC3)cc2)cc1NC(=O)c1cncn1C. The second-order valence-electron chi connectivity index (χ2n) is 8.52. The number of benzene rings is 2.